The van der Waals surface area contributed by atoms with Gasteiger partial charge in [-0.25, -0.2) is 0 Å². The molecule has 3 nitrogen and oxygen atoms in total. The van der Waals surface area contributed by atoms with E-state index >= 15 is 0 Å². The maximum absolute atomic E-state index is 9.21. The van der Waals surface area contributed by atoms with Crippen LogP contribution in [0.25, 0.3) is 0 Å². The van der Waals surface area contributed by atoms with Crippen LogP contribution in [0.15, 0.2) is 12.1 Å². The summed E-state index contributed by atoms with van der Waals surface area (Å²) in [4.78, 5) is 0. The monoisotopic (exact) mass is 266 g/mol. The number of nitrogens with zero attached hydrogens (tertiary/aromatic N) is 1. The van der Waals surface area contributed by atoms with Crippen LogP contribution < -0.4 is 10.1 Å². The SMILES string of the molecule is CCC(C#N)C(NC)c1cc(Cl)c(C)cc1OC. The number of halogens is 1. The van der Waals surface area contributed by atoms with Gasteiger partial charge in [-0.1, -0.05) is 18.5 Å². The Balaban J connectivity index is 3.28. The smallest absolute Gasteiger partial charge is 0.124 e. The molecule has 1 N–H and O–H groups in total. The number of nitriles is 1. The standard InChI is InChI=1S/C14H19ClN2O/c1-5-10(8-16)14(17-3)11-7-12(15)9(2)6-13(11)18-4/h6-7,10,14,17H,5H2,1-4H3. The van der Waals surface area contributed by atoms with Crippen molar-refractivity contribution in [2.24, 2.45) is 5.92 Å². The summed E-state index contributed by atoms with van der Waals surface area (Å²) in [6.07, 6.45) is 0.774. The molecule has 0 bridgehead atoms. The molecule has 0 saturated heterocycles. The molecule has 0 aliphatic carbocycles. The first-order valence-electron chi connectivity index (χ1n) is 5.99. The molecule has 1 aromatic rings. The number of methoxy groups -OCH3 is 1. The predicted octanol–water partition coefficient (Wildman–Crippen LogP) is 3.47. The van der Waals surface area contributed by atoms with Crippen molar-refractivity contribution in [1.29, 1.82) is 5.26 Å². The van der Waals surface area contributed by atoms with Crippen molar-refractivity contribution in [3.05, 3.63) is 28.3 Å². The summed E-state index contributed by atoms with van der Waals surface area (Å²) in [5.74, 6) is 0.660. The summed E-state index contributed by atoms with van der Waals surface area (Å²) < 4.78 is 5.40. The Bertz CT molecular complexity index is 454. The van der Waals surface area contributed by atoms with E-state index in [-0.39, 0.29) is 12.0 Å². The fourth-order valence-electron chi connectivity index (χ4n) is 2.07. The van der Waals surface area contributed by atoms with Crippen LogP contribution in [0.2, 0.25) is 5.02 Å². The highest BCUT2D eigenvalue weighted by Gasteiger charge is 2.23. The van der Waals surface area contributed by atoms with Gasteiger partial charge in [0, 0.05) is 10.6 Å². The third kappa shape index (κ3) is 2.95. The number of aryl methyl sites for hydroxylation is 1. The van der Waals surface area contributed by atoms with E-state index in [0.717, 1.165) is 23.3 Å². The van der Waals surface area contributed by atoms with Crippen LogP contribution in [0.5, 0.6) is 5.75 Å². The maximum Gasteiger partial charge on any atom is 0.124 e. The largest absolute Gasteiger partial charge is 0.496 e. The lowest BCUT2D eigenvalue weighted by molar-refractivity contribution is 0.383. The van der Waals surface area contributed by atoms with Crippen molar-refractivity contribution in [3.63, 3.8) is 0 Å². The molecule has 0 saturated carbocycles. The summed E-state index contributed by atoms with van der Waals surface area (Å²) in [5, 5.41) is 13.1. The third-order valence-electron chi connectivity index (χ3n) is 3.17. The predicted molar refractivity (Wildman–Crippen MR) is 73.9 cm³/mol. The minimum Gasteiger partial charge on any atom is -0.496 e. The summed E-state index contributed by atoms with van der Waals surface area (Å²) in [7, 11) is 3.48. The molecule has 98 valence electrons. The molecule has 0 aliphatic heterocycles. The lowest BCUT2D eigenvalue weighted by Gasteiger charge is -2.23. The van der Waals surface area contributed by atoms with Gasteiger partial charge in [-0.05, 0) is 38.1 Å². The molecule has 0 aromatic heterocycles. The highest BCUT2D eigenvalue weighted by Crippen LogP contribution is 2.35. The summed E-state index contributed by atoms with van der Waals surface area (Å²) in [6.45, 7) is 3.94. The quantitative estimate of drug-likeness (QED) is 0.888. The van der Waals surface area contributed by atoms with Gasteiger partial charge in [0.25, 0.3) is 0 Å². The van der Waals surface area contributed by atoms with Crippen LogP contribution >= 0.6 is 11.6 Å². The van der Waals surface area contributed by atoms with E-state index in [9.17, 15) is 5.26 Å². The third-order valence-corrected chi connectivity index (χ3v) is 3.57. The van der Waals surface area contributed by atoms with Crippen molar-refractivity contribution >= 4 is 11.6 Å². The average Bonchev–Trinajstić information content (AvgIpc) is 2.38. The van der Waals surface area contributed by atoms with E-state index in [4.69, 9.17) is 16.3 Å². The molecule has 0 fully saturated rings. The number of rotatable bonds is 5. The molecule has 0 heterocycles. The first-order chi connectivity index (χ1) is 8.58. The van der Waals surface area contributed by atoms with Crippen LogP contribution in [-0.2, 0) is 0 Å². The zero-order chi connectivity index (χ0) is 13.7. The fraction of sp³-hybridized carbons (Fsp3) is 0.500. The molecule has 1 aromatic carbocycles. The van der Waals surface area contributed by atoms with Gasteiger partial charge in [-0.15, -0.1) is 0 Å². The zero-order valence-electron chi connectivity index (χ0n) is 11.2. The Morgan fingerprint density at radius 3 is 2.61 bits per heavy atom. The second kappa shape index (κ2) is 6.63. The molecule has 4 heteroatoms. The Kier molecular flexibility index (Phi) is 5.46. The normalized spacial score (nSPS) is 13.8. The lowest BCUT2D eigenvalue weighted by atomic mass is 9.91. The van der Waals surface area contributed by atoms with Crippen LogP contribution in [0.4, 0.5) is 0 Å². The van der Waals surface area contributed by atoms with Crippen molar-refractivity contribution < 1.29 is 4.74 Å². The lowest BCUT2D eigenvalue weighted by Crippen LogP contribution is -2.24. The topological polar surface area (TPSA) is 45.0 Å². The van der Waals surface area contributed by atoms with Gasteiger partial charge in [0.05, 0.1) is 25.1 Å². The van der Waals surface area contributed by atoms with Crippen LogP contribution in [0.1, 0.15) is 30.5 Å². The van der Waals surface area contributed by atoms with Crippen molar-refractivity contribution in [2.45, 2.75) is 26.3 Å². The molecule has 0 amide bonds. The number of hydrogen-bond acceptors (Lipinski definition) is 3. The van der Waals surface area contributed by atoms with Crippen LogP contribution in [-0.4, -0.2) is 14.2 Å². The van der Waals surface area contributed by atoms with E-state index < -0.39 is 0 Å². The average molecular weight is 267 g/mol. The van der Waals surface area contributed by atoms with Gasteiger partial charge in [-0.2, -0.15) is 5.26 Å². The Morgan fingerprint density at radius 1 is 1.50 bits per heavy atom. The van der Waals surface area contributed by atoms with Gasteiger partial charge in [0.15, 0.2) is 0 Å². The molecule has 2 atom stereocenters. The molecule has 2 unspecified atom stereocenters. The minimum atomic E-state index is -0.109. The Morgan fingerprint density at radius 2 is 2.17 bits per heavy atom. The molecule has 0 radical (unpaired) electrons. The van der Waals surface area contributed by atoms with Gasteiger partial charge < -0.3 is 10.1 Å². The van der Waals surface area contributed by atoms with Gasteiger partial charge in [-0.3, -0.25) is 0 Å². The molecule has 0 aliphatic rings. The highest BCUT2D eigenvalue weighted by atomic mass is 35.5. The van der Waals surface area contributed by atoms with E-state index in [0.29, 0.717) is 5.02 Å². The Labute approximate surface area is 114 Å². The Hall–Kier alpha value is -1.24. The number of hydrogen-bond donors (Lipinski definition) is 1. The van der Waals surface area contributed by atoms with Crippen molar-refractivity contribution in [3.8, 4) is 11.8 Å². The van der Waals surface area contributed by atoms with E-state index in [1.807, 2.05) is 33.0 Å². The fourth-order valence-corrected chi connectivity index (χ4v) is 2.24. The number of ether oxygens (including phenoxy) is 1. The maximum atomic E-state index is 9.21. The molecule has 18 heavy (non-hydrogen) atoms. The molecular weight excluding hydrogens is 248 g/mol. The second-order valence-electron chi connectivity index (χ2n) is 4.25. The van der Waals surface area contributed by atoms with Crippen molar-refractivity contribution in [2.75, 3.05) is 14.2 Å². The van der Waals surface area contributed by atoms with Crippen molar-refractivity contribution in [1.82, 2.24) is 5.32 Å². The molecular formula is C14H19ClN2O. The summed E-state index contributed by atoms with van der Waals surface area (Å²) in [5.41, 5.74) is 1.90. The van der Waals surface area contributed by atoms with Gasteiger partial charge in [0.2, 0.25) is 0 Å². The minimum absolute atomic E-state index is 0.0759. The number of benzene rings is 1. The summed E-state index contributed by atoms with van der Waals surface area (Å²) >= 11 is 6.17. The van der Waals surface area contributed by atoms with Gasteiger partial charge in [0.1, 0.15) is 5.75 Å². The zero-order valence-corrected chi connectivity index (χ0v) is 12.0. The highest BCUT2D eigenvalue weighted by molar-refractivity contribution is 6.31. The van der Waals surface area contributed by atoms with Crippen LogP contribution in [0.3, 0.4) is 0 Å². The first kappa shape index (κ1) is 14.8. The van der Waals surface area contributed by atoms with Crippen LogP contribution in [0, 0.1) is 24.2 Å². The van der Waals surface area contributed by atoms with E-state index in [1.54, 1.807) is 7.11 Å². The number of nitrogens with one attached hydrogen (secondary N) is 1. The first-order valence-corrected chi connectivity index (χ1v) is 6.37. The van der Waals surface area contributed by atoms with E-state index in [1.165, 1.54) is 0 Å². The van der Waals surface area contributed by atoms with E-state index in [2.05, 4.69) is 11.4 Å². The molecule has 0 spiro atoms. The second-order valence-corrected chi connectivity index (χ2v) is 4.66. The summed E-state index contributed by atoms with van der Waals surface area (Å²) in [6, 6.07) is 6.04. The molecule has 1 rings (SSSR count). The van der Waals surface area contributed by atoms with Gasteiger partial charge >= 0.3 is 0 Å².